The fraction of sp³-hybridized carbons (Fsp3) is 0.333. The van der Waals surface area contributed by atoms with Crippen LogP contribution in [0.5, 0.6) is 5.75 Å². The van der Waals surface area contributed by atoms with Gasteiger partial charge in [0, 0.05) is 23.8 Å². The lowest BCUT2D eigenvalue weighted by Crippen LogP contribution is -2.25. The minimum atomic E-state index is -0.379. The normalized spacial score (nSPS) is 10.9. The molecule has 0 fully saturated rings. The number of benzene rings is 2. The number of amides is 1. The number of rotatable bonds is 10. The third-order valence-corrected chi connectivity index (χ3v) is 4.43. The van der Waals surface area contributed by atoms with E-state index in [1.165, 1.54) is 5.69 Å². The molecule has 0 spiro atoms. The number of nitrogens with zero attached hydrogens (tertiary/aromatic N) is 2. The van der Waals surface area contributed by atoms with Crippen LogP contribution in [-0.2, 0) is 4.79 Å². The Labute approximate surface area is 176 Å². The summed E-state index contributed by atoms with van der Waals surface area (Å²) >= 11 is 11.8. The van der Waals surface area contributed by atoms with Gasteiger partial charge in [0.1, 0.15) is 5.75 Å². The second kappa shape index (κ2) is 11.6. The molecule has 28 heavy (non-hydrogen) atoms. The molecule has 1 N–H and O–H groups in total. The first kappa shape index (κ1) is 22.1. The minimum absolute atomic E-state index is 0.194. The predicted molar refractivity (Wildman–Crippen MR) is 117 cm³/mol. The summed E-state index contributed by atoms with van der Waals surface area (Å²) in [5, 5.41) is 4.82. The second-order valence-corrected chi connectivity index (χ2v) is 7.08. The Balaban J connectivity index is 1.83. The maximum absolute atomic E-state index is 11.8. The summed E-state index contributed by atoms with van der Waals surface area (Å²) in [5.41, 5.74) is 4.53. The second-order valence-electron chi connectivity index (χ2n) is 6.24. The lowest BCUT2D eigenvalue weighted by Gasteiger charge is -2.23. The molecule has 0 aliphatic rings. The zero-order valence-corrected chi connectivity index (χ0v) is 17.6. The van der Waals surface area contributed by atoms with Crippen LogP contribution in [0.1, 0.15) is 32.3 Å². The van der Waals surface area contributed by atoms with E-state index in [1.807, 2.05) is 12.1 Å². The van der Waals surface area contributed by atoms with Gasteiger partial charge in [0.2, 0.25) is 0 Å². The number of anilines is 1. The van der Waals surface area contributed by atoms with E-state index in [0.717, 1.165) is 31.5 Å². The first-order valence-corrected chi connectivity index (χ1v) is 10.0. The number of hydrazone groups is 1. The van der Waals surface area contributed by atoms with Crippen molar-refractivity contribution in [1.29, 1.82) is 0 Å². The van der Waals surface area contributed by atoms with E-state index < -0.39 is 0 Å². The van der Waals surface area contributed by atoms with Crippen molar-refractivity contribution in [3.8, 4) is 5.75 Å². The monoisotopic (exact) mass is 421 g/mol. The summed E-state index contributed by atoms with van der Waals surface area (Å²) in [4.78, 5) is 14.2. The van der Waals surface area contributed by atoms with Gasteiger partial charge in [-0.3, -0.25) is 4.79 Å². The molecule has 0 aromatic heterocycles. The Bertz CT molecular complexity index is 789. The van der Waals surface area contributed by atoms with Gasteiger partial charge in [-0.05, 0) is 48.7 Å². The van der Waals surface area contributed by atoms with Crippen LogP contribution in [0, 0.1) is 0 Å². The van der Waals surface area contributed by atoms with Crippen LogP contribution in [0.3, 0.4) is 0 Å². The van der Waals surface area contributed by atoms with Crippen LogP contribution in [0.4, 0.5) is 5.69 Å². The van der Waals surface area contributed by atoms with Gasteiger partial charge >= 0.3 is 0 Å². The zero-order chi connectivity index (χ0) is 20.4. The molecule has 2 rings (SSSR count). The van der Waals surface area contributed by atoms with Crippen LogP contribution in [0.15, 0.2) is 47.6 Å². The molecule has 0 radical (unpaired) electrons. The van der Waals surface area contributed by atoms with Crippen molar-refractivity contribution in [3.05, 3.63) is 58.1 Å². The summed E-state index contributed by atoms with van der Waals surface area (Å²) in [6, 6.07) is 12.9. The molecule has 0 aliphatic carbocycles. The Morgan fingerprint density at radius 2 is 1.79 bits per heavy atom. The van der Waals surface area contributed by atoms with Gasteiger partial charge in [0.15, 0.2) is 6.61 Å². The molecule has 7 heteroatoms. The molecule has 1 amide bonds. The highest BCUT2D eigenvalue weighted by Gasteiger charge is 2.06. The average Bonchev–Trinajstić information content (AvgIpc) is 2.68. The molecule has 0 atom stereocenters. The Hall–Kier alpha value is -2.24. The molecule has 150 valence electrons. The number of nitrogens with one attached hydrogen (secondary N) is 1. The average molecular weight is 422 g/mol. The molecular formula is C21H25Cl2N3O2. The lowest BCUT2D eigenvalue weighted by atomic mass is 10.2. The van der Waals surface area contributed by atoms with Crippen molar-refractivity contribution in [2.75, 3.05) is 24.6 Å². The SMILES string of the molecule is CCCN(CCC)c1ccc(/C=N\NC(=O)COc2ccc(Cl)cc2Cl)cc1. The molecule has 5 nitrogen and oxygen atoms in total. The van der Waals surface area contributed by atoms with E-state index in [-0.39, 0.29) is 12.5 Å². The third kappa shape index (κ3) is 7.06. The number of hydrogen-bond donors (Lipinski definition) is 1. The number of ether oxygens (including phenoxy) is 1. The molecule has 0 heterocycles. The van der Waals surface area contributed by atoms with Crippen molar-refractivity contribution in [2.45, 2.75) is 26.7 Å². The summed E-state index contributed by atoms with van der Waals surface area (Å²) < 4.78 is 5.36. The van der Waals surface area contributed by atoms with E-state index >= 15 is 0 Å². The largest absolute Gasteiger partial charge is 0.482 e. The lowest BCUT2D eigenvalue weighted by molar-refractivity contribution is -0.123. The summed E-state index contributed by atoms with van der Waals surface area (Å²) in [5.74, 6) is 0.0143. The van der Waals surface area contributed by atoms with Crippen LogP contribution in [-0.4, -0.2) is 31.8 Å². The number of halogens is 2. The topological polar surface area (TPSA) is 53.9 Å². The molecule has 0 aliphatic heterocycles. The molecule has 0 saturated heterocycles. The van der Waals surface area contributed by atoms with E-state index in [0.29, 0.717) is 15.8 Å². The van der Waals surface area contributed by atoms with Gasteiger partial charge in [-0.25, -0.2) is 5.43 Å². The van der Waals surface area contributed by atoms with Gasteiger partial charge in [-0.1, -0.05) is 49.2 Å². The summed E-state index contributed by atoms with van der Waals surface area (Å²) in [7, 11) is 0. The number of carbonyl (C=O) groups is 1. The molecule has 0 unspecified atom stereocenters. The molecular weight excluding hydrogens is 397 g/mol. The Morgan fingerprint density at radius 3 is 2.39 bits per heavy atom. The van der Waals surface area contributed by atoms with Crippen LogP contribution < -0.4 is 15.1 Å². The van der Waals surface area contributed by atoms with Crippen molar-refractivity contribution >= 4 is 41.0 Å². The smallest absolute Gasteiger partial charge is 0.277 e. The van der Waals surface area contributed by atoms with Crippen LogP contribution in [0.2, 0.25) is 10.0 Å². The molecule has 2 aromatic rings. The quantitative estimate of drug-likeness (QED) is 0.426. The first-order valence-electron chi connectivity index (χ1n) is 9.28. The van der Waals surface area contributed by atoms with E-state index in [4.69, 9.17) is 27.9 Å². The summed E-state index contributed by atoms with van der Waals surface area (Å²) in [6.45, 7) is 6.23. The first-order chi connectivity index (χ1) is 13.5. The number of carbonyl (C=O) groups excluding carboxylic acids is 1. The zero-order valence-electron chi connectivity index (χ0n) is 16.1. The Kier molecular flexibility index (Phi) is 9.11. The highest BCUT2D eigenvalue weighted by Crippen LogP contribution is 2.27. The number of hydrogen-bond acceptors (Lipinski definition) is 4. The summed E-state index contributed by atoms with van der Waals surface area (Å²) in [6.07, 6.45) is 3.82. The standard InChI is InChI=1S/C21H25Cl2N3O2/c1-3-11-26(12-4-2)18-8-5-16(6-9-18)14-24-25-21(27)15-28-20-10-7-17(22)13-19(20)23/h5-10,13-14H,3-4,11-12,15H2,1-2H3,(H,25,27)/b24-14-. The van der Waals surface area contributed by atoms with Crippen LogP contribution in [0.25, 0.3) is 0 Å². The fourth-order valence-electron chi connectivity index (χ4n) is 2.63. The van der Waals surface area contributed by atoms with E-state index in [9.17, 15) is 4.79 Å². The molecule has 0 bridgehead atoms. The van der Waals surface area contributed by atoms with Gasteiger partial charge in [-0.2, -0.15) is 5.10 Å². The molecule has 2 aromatic carbocycles. The highest BCUT2D eigenvalue weighted by atomic mass is 35.5. The third-order valence-electron chi connectivity index (χ3n) is 3.90. The predicted octanol–water partition coefficient (Wildman–Crippen LogP) is 5.15. The van der Waals surface area contributed by atoms with Crippen molar-refractivity contribution in [2.24, 2.45) is 5.10 Å². The van der Waals surface area contributed by atoms with Crippen molar-refractivity contribution in [3.63, 3.8) is 0 Å². The van der Waals surface area contributed by atoms with Gasteiger partial charge < -0.3 is 9.64 Å². The van der Waals surface area contributed by atoms with E-state index in [2.05, 4.69) is 41.4 Å². The van der Waals surface area contributed by atoms with Crippen molar-refractivity contribution in [1.82, 2.24) is 5.43 Å². The molecule has 0 saturated carbocycles. The maximum Gasteiger partial charge on any atom is 0.277 e. The van der Waals surface area contributed by atoms with Gasteiger partial charge in [0.05, 0.1) is 11.2 Å². The van der Waals surface area contributed by atoms with Crippen molar-refractivity contribution < 1.29 is 9.53 Å². The Morgan fingerprint density at radius 1 is 1.11 bits per heavy atom. The maximum atomic E-state index is 11.8. The highest BCUT2D eigenvalue weighted by molar-refractivity contribution is 6.35. The van der Waals surface area contributed by atoms with Gasteiger partial charge in [0.25, 0.3) is 5.91 Å². The van der Waals surface area contributed by atoms with Crippen LogP contribution >= 0.6 is 23.2 Å². The van der Waals surface area contributed by atoms with E-state index in [1.54, 1.807) is 24.4 Å². The fourth-order valence-corrected chi connectivity index (χ4v) is 3.09. The van der Waals surface area contributed by atoms with Gasteiger partial charge in [-0.15, -0.1) is 0 Å². The minimum Gasteiger partial charge on any atom is -0.482 e.